The van der Waals surface area contributed by atoms with Crippen molar-refractivity contribution in [1.29, 1.82) is 0 Å². The first kappa shape index (κ1) is 15.9. The van der Waals surface area contributed by atoms with Crippen LogP contribution in [0.2, 0.25) is 0 Å². The first-order chi connectivity index (χ1) is 11.2. The van der Waals surface area contributed by atoms with E-state index in [0.717, 1.165) is 29.7 Å². The van der Waals surface area contributed by atoms with Crippen LogP contribution in [0.1, 0.15) is 12.5 Å². The van der Waals surface area contributed by atoms with Crippen molar-refractivity contribution in [3.63, 3.8) is 0 Å². The summed E-state index contributed by atoms with van der Waals surface area (Å²) in [7, 11) is 0. The van der Waals surface area contributed by atoms with E-state index in [-0.39, 0.29) is 12.5 Å². The molecule has 23 heavy (non-hydrogen) atoms. The van der Waals surface area contributed by atoms with Gasteiger partial charge >= 0.3 is 0 Å². The summed E-state index contributed by atoms with van der Waals surface area (Å²) in [4.78, 5) is 14.4. The average molecular weight is 375 g/mol. The van der Waals surface area contributed by atoms with E-state index in [4.69, 9.17) is 4.74 Å². The fraction of sp³-hybridized carbons (Fsp3) is 0.278. The molecule has 0 saturated heterocycles. The number of rotatable bonds is 5. The van der Waals surface area contributed by atoms with Gasteiger partial charge in [0.1, 0.15) is 5.75 Å². The van der Waals surface area contributed by atoms with Gasteiger partial charge in [0.15, 0.2) is 6.61 Å². The van der Waals surface area contributed by atoms with Gasteiger partial charge in [0.05, 0.1) is 0 Å². The van der Waals surface area contributed by atoms with Crippen LogP contribution in [0, 0.1) is 0 Å². The zero-order chi connectivity index (χ0) is 16.2. The Kier molecular flexibility index (Phi) is 4.86. The van der Waals surface area contributed by atoms with Crippen LogP contribution in [-0.2, 0) is 11.2 Å². The summed E-state index contributed by atoms with van der Waals surface area (Å²) in [6.07, 6.45) is 1.07. The Bertz CT molecular complexity index is 701. The highest BCUT2D eigenvalue weighted by molar-refractivity contribution is 9.10. The molecule has 2 aromatic rings. The number of anilines is 2. The molecule has 0 aromatic heterocycles. The summed E-state index contributed by atoms with van der Waals surface area (Å²) in [6, 6.07) is 13.5. The van der Waals surface area contributed by atoms with Gasteiger partial charge in [-0.2, -0.15) is 0 Å². The molecule has 0 fully saturated rings. The van der Waals surface area contributed by atoms with Crippen LogP contribution in [0.3, 0.4) is 0 Å². The van der Waals surface area contributed by atoms with Gasteiger partial charge in [0.2, 0.25) is 0 Å². The fourth-order valence-electron chi connectivity index (χ4n) is 2.73. The van der Waals surface area contributed by atoms with Crippen molar-refractivity contribution in [3.8, 4) is 5.75 Å². The molecule has 0 radical (unpaired) electrons. The summed E-state index contributed by atoms with van der Waals surface area (Å²) < 4.78 is 6.47. The second-order valence-electron chi connectivity index (χ2n) is 5.46. The predicted molar refractivity (Wildman–Crippen MR) is 96.3 cm³/mol. The lowest BCUT2D eigenvalue weighted by atomic mass is 10.1. The fourth-order valence-corrected chi connectivity index (χ4v) is 2.99. The molecule has 0 bridgehead atoms. The van der Waals surface area contributed by atoms with Crippen molar-refractivity contribution in [2.24, 2.45) is 0 Å². The minimum atomic E-state index is -0.158. The maximum Gasteiger partial charge on any atom is 0.262 e. The van der Waals surface area contributed by atoms with Crippen molar-refractivity contribution in [2.45, 2.75) is 13.3 Å². The molecule has 2 aromatic carbocycles. The third-order valence-electron chi connectivity index (χ3n) is 3.93. The average Bonchev–Trinajstić information content (AvgIpc) is 2.96. The molecule has 0 saturated carbocycles. The van der Waals surface area contributed by atoms with Gasteiger partial charge in [-0.25, -0.2) is 0 Å². The molecule has 0 spiro atoms. The lowest BCUT2D eigenvalue weighted by Gasteiger charge is -2.17. The molecule has 120 valence electrons. The molecule has 0 atom stereocenters. The smallest absolute Gasteiger partial charge is 0.262 e. The number of benzene rings is 2. The topological polar surface area (TPSA) is 41.6 Å². The summed E-state index contributed by atoms with van der Waals surface area (Å²) >= 11 is 3.37. The highest BCUT2D eigenvalue weighted by Gasteiger charge is 2.18. The van der Waals surface area contributed by atoms with E-state index in [9.17, 15) is 4.79 Å². The minimum Gasteiger partial charge on any atom is -0.484 e. The van der Waals surface area contributed by atoms with Crippen LogP contribution in [0.25, 0.3) is 0 Å². The van der Waals surface area contributed by atoms with Gasteiger partial charge < -0.3 is 15.0 Å². The molecular weight excluding hydrogens is 356 g/mol. The Hall–Kier alpha value is -2.01. The predicted octanol–water partition coefficient (Wildman–Crippen LogP) is 3.85. The number of nitrogens with one attached hydrogen (secondary N) is 1. The van der Waals surface area contributed by atoms with Crippen LogP contribution in [-0.4, -0.2) is 25.6 Å². The van der Waals surface area contributed by atoms with Crippen LogP contribution in [0.4, 0.5) is 11.4 Å². The van der Waals surface area contributed by atoms with Gasteiger partial charge in [-0.1, -0.05) is 22.0 Å². The molecule has 1 aliphatic rings. The summed E-state index contributed by atoms with van der Waals surface area (Å²) in [5.41, 5.74) is 3.38. The van der Waals surface area contributed by atoms with E-state index in [1.165, 1.54) is 11.3 Å². The van der Waals surface area contributed by atoms with E-state index in [0.29, 0.717) is 5.75 Å². The lowest BCUT2D eigenvalue weighted by molar-refractivity contribution is -0.118. The second kappa shape index (κ2) is 7.04. The van der Waals surface area contributed by atoms with E-state index in [2.05, 4.69) is 39.1 Å². The molecular formula is C18H19BrN2O2. The van der Waals surface area contributed by atoms with Gasteiger partial charge in [-0.05, 0) is 55.3 Å². The quantitative estimate of drug-likeness (QED) is 0.863. The third-order valence-corrected chi connectivity index (χ3v) is 4.45. The summed E-state index contributed by atoms with van der Waals surface area (Å²) in [5, 5.41) is 2.90. The molecule has 1 aliphatic heterocycles. The second-order valence-corrected chi connectivity index (χ2v) is 6.38. The standard InChI is InChI=1S/C18H19BrN2O2/c1-2-21-10-9-13-3-6-15(11-17(13)21)20-18(22)12-23-16-7-4-14(19)5-8-16/h3-8,11H,2,9-10,12H2,1H3,(H,20,22). The molecule has 5 heteroatoms. The van der Waals surface area contributed by atoms with Crippen molar-refractivity contribution < 1.29 is 9.53 Å². The number of nitrogens with zero attached hydrogens (tertiary/aromatic N) is 1. The van der Waals surface area contributed by atoms with Crippen molar-refractivity contribution in [2.75, 3.05) is 29.9 Å². The number of likely N-dealkylation sites (N-methyl/N-ethyl adjacent to an activating group) is 1. The number of fused-ring (bicyclic) bond motifs is 1. The first-order valence-electron chi connectivity index (χ1n) is 7.72. The first-order valence-corrected chi connectivity index (χ1v) is 8.51. The highest BCUT2D eigenvalue weighted by atomic mass is 79.9. The van der Waals surface area contributed by atoms with Crippen LogP contribution < -0.4 is 15.0 Å². The number of carbonyl (C=O) groups excluding carboxylic acids is 1. The highest BCUT2D eigenvalue weighted by Crippen LogP contribution is 2.30. The number of amides is 1. The van der Waals surface area contributed by atoms with Crippen LogP contribution in [0.5, 0.6) is 5.75 Å². The van der Waals surface area contributed by atoms with E-state index >= 15 is 0 Å². The van der Waals surface area contributed by atoms with Gasteiger partial charge in [0, 0.05) is 28.9 Å². The Morgan fingerprint density at radius 2 is 2.04 bits per heavy atom. The number of ether oxygens (including phenoxy) is 1. The largest absolute Gasteiger partial charge is 0.484 e. The maximum absolute atomic E-state index is 12.0. The zero-order valence-electron chi connectivity index (χ0n) is 13.0. The normalized spacial score (nSPS) is 12.9. The third kappa shape index (κ3) is 3.85. The number of hydrogen-bond acceptors (Lipinski definition) is 3. The number of hydrogen-bond donors (Lipinski definition) is 1. The summed E-state index contributed by atoms with van der Waals surface area (Å²) in [5.74, 6) is 0.517. The maximum atomic E-state index is 12.0. The number of halogens is 1. The van der Waals surface area contributed by atoms with Gasteiger partial charge in [-0.3, -0.25) is 4.79 Å². The van der Waals surface area contributed by atoms with Crippen molar-refractivity contribution in [1.82, 2.24) is 0 Å². The van der Waals surface area contributed by atoms with Crippen molar-refractivity contribution in [3.05, 3.63) is 52.5 Å². The number of carbonyl (C=O) groups is 1. The SMILES string of the molecule is CCN1CCc2ccc(NC(=O)COc3ccc(Br)cc3)cc21. The molecule has 1 N–H and O–H groups in total. The van der Waals surface area contributed by atoms with E-state index in [1.54, 1.807) is 0 Å². The van der Waals surface area contributed by atoms with Gasteiger partial charge in [0.25, 0.3) is 5.91 Å². The zero-order valence-corrected chi connectivity index (χ0v) is 14.6. The van der Waals surface area contributed by atoms with E-state index < -0.39 is 0 Å². The monoisotopic (exact) mass is 374 g/mol. The van der Waals surface area contributed by atoms with Crippen molar-refractivity contribution >= 4 is 33.2 Å². The van der Waals surface area contributed by atoms with Gasteiger partial charge in [-0.15, -0.1) is 0 Å². The Morgan fingerprint density at radius 3 is 2.78 bits per heavy atom. The Balaban J connectivity index is 1.59. The molecule has 0 aliphatic carbocycles. The molecule has 1 amide bonds. The van der Waals surface area contributed by atoms with Crippen LogP contribution in [0.15, 0.2) is 46.9 Å². The summed E-state index contributed by atoms with van der Waals surface area (Å²) in [6.45, 7) is 4.18. The molecule has 3 rings (SSSR count). The Labute approximate surface area is 144 Å². The van der Waals surface area contributed by atoms with E-state index in [1.807, 2.05) is 36.4 Å². The molecule has 1 heterocycles. The Morgan fingerprint density at radius 1 is 1.26 bits per heavy atom. The lowest BCUT2D eigenvalue weighted by Crippen LogP contribution is -2.21. The minimum absolute atomic E-state index is 0.00376. The molecule has 0 unspecified atom stereocenters. The van der Waals surface area contributed by atoms with Crippen LogP contribution >= 0.6 is 15.9 Å². The molecule has 4 nitrogen and oxygen atoms in total.